The zero-order chi connectivity index (χ0) is 13.8. The fourth-order valence-electron chi connectivity index (χ4n) is 1.68. The van der Waals surface area contributed by atoms with Gasteiger partial charge >= 0.3 is 0 Å². The molecular formula is C15H12INO2. The van der Waals surface area contributed by atoms with E-state index < -0.39 is 11.7 Å². The molecule has 1 N–H and O–H groups in total. The highest BCUT2D eigenvalue weighted by Gasteiger charge is 2.17. The third kappa shape index (κ3) is 3.20. The van der Waals surface area contributed by atoms with E-state index in [4.69, 9.17) is 0 Å². The number of anilines is 1. The van der Waals surface area contributed by atoms with E-state index in [-0.39, 0.29) is 0 Å². The minimum atomic E-state index is -0.613. The maximum Gasteiger partial charge on any atom is 0.296 e. The molecule has 2 rings (SSSR count). The first-order valence-corrected chi connectivity index (χ1v) is 6.83. The summed E-state index contributed by atoms with van der Waals surface area (Å²) in [5.74, 6) is -1.14. The van der Waals surface area contributed by atoms with Crippen molar-refractivity contribution in [2.45, 2.75) is 6.92 Å². The minimum absolute atomic E-state index is 0.392. The monoisotopic (exact) mass is 365 g/mol. The Morgan fingerprint density at radius 3 is 2.32 bits per heavy atom. The van der Waals surface area contributed by atoms with Gasteiger partial charge in [-0.15, -0.1) is 0 Å². The second-order valence-corrected chi connectivity index (χ2v) is 5.24. The molecule has 0 saturated heterocycles. The summed E-state index contributed by atoms with van der Waals surface area (Å²) in [4.78, 5) is 23.9. The van der Waals surface area contributed by atoms with Gasteiger partial charge in [-0.1, -0.05) is 42.5 Å². The van der Waals surface area contributed by atoms with Gasteiger partial charge in [-0.3, -0.25) is 9.59 Å². The number of benzene rings is 2. The Kier molecular flexibility index (Phi) is 4.31. The van der Waals surface area contributed by atoms with Gasteiger partial charge in [0.1, 0.15) is 0 Å². The molecule has 0 aromatic heterocycles. The Labute approximate surface area is 125 Å². The number of hydrogen-bond acceptors (Lipinski definition) is 2. The molecule has 0 unspecified atom stereocenters. The summed E-state index contributed by atoms with van der Waals surface area (Å²) in [6, 6.07) is 14.2. The van der Waals surface area contributed by atoms with Crippen molar-refractivity contribution in [1.82, 2.24) is 0 Å². The highest BCUT2D eigenvalue weighted by atomic mass is 127. The van der Waals surface area contributed by atoms with Crippen LogP contribution in [0.25, 0.3) is 0 Å². The molecule has 2 aromatic rings. The zero-order valence-corrected chi connectivity index (χ0v) is 12.5. The van der Waals surface area contributed by atoms with Gasteiger partial charge in [-0.25, -0.2) is 0 Å². The Morgan fingerprint density at radius 1 is 1.00 bits per heavy atom. The summed E-state index contributed by atoms with van der Waals surface area (Å²) in [5.41, 5.74) is 2.02. The predicted molar refractivity (Wildman–Crippen MR) is 83.3 cm³/mol. The molecule has 0 aliphatic rings. The number of halogens is 1. The molecule has 0 bridgehead atoms. The standard InChI is InChI=1S/C15H12INO2/c1-10-6-5-9-12(16)13(10)17-15(19)14(18)11-7-3-2-4-8-11/h2-9H,1H3,(H,17,19). The Hall–Kier alpha value is -1.69. The maximum atomic E-state index is 12.0. The first kappa shape index (κ1) is 13.7. The van der Waals surface area contributed by atoms with Crippen LogP contribution in [-0.2, 0) is 4.79 Å². The number of carbonyl (C=O) groups excluding carboxylic acids is 2. The summed E-state index contributed by atoms with van der Waals surface area (Å²) >= 11 is 2.13. The molecule has 0 aliphatic carbocycles. The number of carbonyl (C=O) groups is 2. The zero-order valence-electron chi connectivity index (χ0n) is 10.3. The van der Waals surface area contributed by atoms with Gasteiger partial charge in [0.15, 0.2) is 0 Å². The molecule has 0 spiro atoms. The highest BCUT2D eigenvalue weighted by Crippen LogP contribution is 2.22. The third-order valence-corrected chi connectivity index (χ3v) is 3.60. The number of Topliss-reactive ketones (excluding diaryl/α,β-unsaturated/α-hetero) is 1. The van der Waals surface area contributed by atoms with Crippen molar-refractivity contribution >= 4 is 40.0 Å². The van der Waals surface area contributed by atoms with Gasteiger partial charge in [0.25, 0.3) is 11.7 Å². The van der Waals surface area contributed by atoms with Crippen LogP contribution in [0.15, 0.2) is 48.5 Å². The lowest BCUT2D eigenvalue weighted by Gasteiger charge is -2.09. The van der Waals surface area contributed by atoms with Crippen molar-refractivity contribution in [3.8, 4) is 0 Å². The van der Waals surface area contributed by atoms with Crippen LogP contribution < -0.4 is 5.32 Å². The first-order valence-electron chi connectivity index (χ1n) is 5.75. The molecule has 0 heterocycles. The molecule has 4 heteroatoms. The van der Waals surface area contributed by atoms with Crippen molar-refractivity contribution in [2.75, 3.05) is 5.32 Å². The average molecular weight is 365 g/mol. The fourth-order valence-corrected chi connectivity index (χ4v) is 2.45. The molecule has 0 aliphatic heterocycles. The second-order valence-electron chi connectivity index (χ2n) is 4.08. The van der Waals surface area contributed by atoms with E-state index in [0.717, 1.165) is 9.13 Å². The minimum Gasteiger partial charge on any atom is -0.318 e. The first-order chi connectivity index (χ1) is 9.09. The van der Waals surface area contributed by atoms with Gasteiger partial charge < -0.3 is 5.32 Å². The van der Waals surface area contributed by atoms with Crippen molar-refractivity contribution in [3.05, 3.63) is 63.2 Å². The van der Waals surface area contributed by atoms with Crippen LogP contribution in [-0.4, -0.2) is 11.7 Å². The van der Waals surface area contributed by atoms with E-state index in [1.807, 2.05) is 25.1 Å². The quantitative estimate of drug-likeness (QED) is 0.515. The van der Waals surface area contributed by atoms with Crippen molar-refractivity contribution in [3.63, 3.8) is 0 Å². The largest absolute Gasteiger partial charge is 0.318 e. The Balaban J connectivity index is 2.21. The van der Waals surface area contributed by atoms with Gasteiger partial charge in [0.05, 0.1) is 5.69 Å². The normalized spacial score (nSPS) is 10.0. The lowest BCUT2D eigenvalue weighted by molar-refractivity contribution is -0.112. The van der Waals surface area contributed by atoms with Crippen molar-refractivity contribution < 1.29 is 9.59 Å². The summed E-state index contributed by atoms with van der Waals surface area (Å²) in [6.45, 7) is 1.89. The lowest BCUT2D eigenvalue weighted by atomic mass is 10.1. The van der Waals surface area contributed by atoms with Crippen LogP contribution in [0.1, 0.15) is 15.9 Å². The molecule has 0 atom stereocenters. The summed E-state index contributed by atoms with van der Waals surface area (Å²) in [6.07, 6.45) is 0. The van der Waals surface area contributed by atoms with Crippen molar-refractivity contribution in [2.24, 2.45) is 0 Å². The van der Waals surface area contributed by atoms with Gasteiger partial charge in [-0.2, -0.15) is 0 Å². The average Bonchev–Trinajstić information content (AvgIpc) is 2.43. The third-order valence-electron chi connectivity index (χ3n) is 2.70. The fraction of sp³-hybridized carbons (Fsp3) is 0.0667. The van der Waals surface area contributed by atoms with Crippen LogP contribution in [0.2, 0.25) is 0 Å². The number of ketones is 1. The van der Waals surface area contributed by atoms with E-state index in [2.05, 4.69) is 27.9 Å². The summed E-state index contributed by atoms with van der Waals surface area (Å²) in [7, 11) is 0. The molecule has 0 fully saturated rings. The van der Waals surface area contributed by atoms with E-state index in [1.54, 1.807) is 30.3 Å². The van der Waals surface area contributed by atoms with Gasteiger partial charge in [-0.05, 0) is 41.1 Å². The van der Waals surface area contributed by atoms with Crippen molar-refractivity contribution in [1.29, 1.82) is 0 Å². The van der Waals surface area contributed by atoms with E-state index in [0.29, 0.717) is 11.3 Å². The molecule has 19 heavy (non-hydrogen) atoms. The molecule has 1 amide bonds. The molecule has 96 valence electrons. The van der Waals surface area contributed by atoms with E-state index in [1.165, 1.54) is 0 Å². The number of nitrogens with one attached hydrogen (secondary N) is 1. The molecule has 0 saturated carbocycles. The Morgan fingerprint density at radius 2 is 1.68 bits per heavy atom. The topological polar surface area (TPSA) is 46.2 Å². The summed E-state index contributed by atoms with van der Waals surface area (Å²) in [5, 5.41) is 2.68. The molecule has 3 nitrogen and oxygen atoms in total. The lowest BCUT2D eigenvalue weighted by Crippen LogP contribution is -2.23. The van der Waals surface area contributed by atoms with Gasteiger partial charge in [0, 0.05) is 9.13 Å². The predicted octanol–water partition coefficient (Wildman–Crippen LogP) is 3.42. The molecular weight excluding hydrogens is 353 g/mol. The van der Waals surface area contributed by atoms with E-state index in [9.17, 15) is 9.59 Å². The van der Waals surface area contributed by atoms with Gasteiger partial charge in [0.2, 0.25) is 0 Å². The number of para-hydroxylation sites is 1. The second kappa shape index (κ2) is 5.97. The van der Waals surface area contributed by atoms with Crippen LogP contribution in [0, 0.1) is 10.5 Å². The number of amides is 1. The molecule has 0 radical (unpaired) electrons. The van der Waals surface area contributed by atoms with Crippen LogP contribution in [0.4, 0.5) is 5.69 Å². The smallest absolute Gasteiger partial charge is 0.296 e. The Bertz CT molecular complexity index is 603. The molecule has 2 aromatic carbocycles. The number of rotatable bonds is 3. The maximum absolute atomic E-state index is 12.0. The van der Waals surface area contributed by atoms with E-state index >= 15 is 0 Å². The number of aryl methyl sites for hydroxylation is 1. The highest BCUT2D eigenvalue weighted by molar-refractivity contribution is 14.1. The van der Waals surface area contributed by atoms with Crippen LogP contribution in [0.5, 0.6) is 0 Å². The van der Waals surface area contributed by atoms with Crippen LogP contribution >= 0.6 is 22.6 Å². The number of hydrogen-bond donors (Lipinski definition) is 1. The van der Waals surface area contributed by atoms with Crippen LogP contribution in [0.3, 0.4) is 0 Å². The summed E-state index contributed by atoms with van der Waals surface area (Å²) < 4.78 is 0.909. The SMILES string of the molecule is Cc1cccc(I)c1NC(=O)C(=O)c1ccccc1.